The quantitative estimate of drug-likeness (QED) is 0.777. The molecule has 0 saturated carbocycles. The van der Waals surface area contributed by atoms with E-state index in [0.29, 0.717) is 17.5 Å². The number of methoxy groups -OCH3 is 1. The van der Waals surface area contributed by atoms with Crippen LogP contribution in [-0.2, 0) is 4.74 Å². The lowest BCUT2D eigenvalue weighted by molar-refractivity contribution is 0.171. The van der Waals surface area contributed by atoms with Crippen molar-refractivity contribution in [1.82, 2.24) is 0 Å². The molecule has 1 aromatic carbocycles. The average Bonchev–Trinajstić information content (AvgIpc) is 2.30. The summed E-state index contributed by atoms with van der Waals surface area (Å²) in [5.41, 5.74) is 8.82. The SMILES string of the molecule is COCC(Nc1c(C)cccc1C(N)=S)C(C)C. The van der Waals surface area contributed by atoms with Crippen molar-refractivity contribution in [1.29, 1.82) is 0 Å². The van der Waals surface area contributed by atoms with Gasteiger partial charge in [0.1, 0.15) is 4.99 Å². The molecule has 3 N–H and O–H groups in total. The number of para-hydroxylation sites is 1. The normalized spacial score (nSPS) is 12.5. The van der Waals surface area contributed by atoms with Gasteiger partial charge in [0.25, 0.3) is 0 Å². The van der Waals surface area contributed by atoms with E-state index in [4.69, 9.17) is 22.7 Å². The third kappa shape index (κ3) is 3.68. The van der Waals surface area contributed by atoms with Crippen LogP contribution in [0.25, 0.3) is 0 Å². The van der Waals surface area contributed by atoms with E-state index in [2.05, 4.69) is 19.2 Å². The maximum atomic E-state index is 5.77. The lowest BCUT2D eigenvalue weighted by Crippen LogP contribution is -2.31. The first-order valence-corrected chi connectivity index (χ1v) is 6.53. The van der Waals surface area contributed by atoms with Crippen LogP contribution in [0.4, 0.5) is 5.69 Å². The van der Waals surface area contributed by atoms with Gasteiger partial charge in [-0.3, -0.25) is 0 Å². The second-order valence-corrected chi connectivity index (χ2v) is 5.25. The monoisotopic (exact) mass is 266 g/mol. The molecule has 0 aromatic heterocycles. The number of nitrogens with one attached hydrogen (secondary N) is 1. The molecule has 0 aliphatic heterocycles. The summed E-state index contributed by atoms with van der Waals surface area (Å²) in [7, 11) is 1.71. The number of hydrogen-bond donors (Lipinski definition) is 2. The number of anilines is 1. The van der Waals surface area contributed by atoms with Gasteiger partial charge in [-0.2, -0.15) is 0 Å². The molecular weight excluding hydrogens is 244 g/mol. The van der Waals surface area contributed by atoms with Crippen molar-refractivity contribution in [3.63, 3.8) is 0 Å². The Kier molecular flexibility index (Phi) is 5.56. The molecule has 100 valence electrons. The van der Waals surface area contributed by atoms with E-state index in [9.17, 15) is 0 Å². The highest BCUT2D eigenvalue weighted by molar-refractivity contribution is 7.80. The van der Waals surface area contributed by atoms with Gasteiger partial charge >= 0.3 is 0 Å². The third-order valence-electron chi connectivity index (χ3n) is 3.02. The van der Waals surface area contributed by atoms with Gasteiger partial charge in [0.05, 0.1) is 12.6 Å². The molecule has 18 heavy (non-hydrogen) atoms. The molecule has 0 aliphatic carbocycles. The molecule has 0 saturated heterocycles. The van der Waals surface area contributed by atoms with Crippen LogP contribution >= 0.6 is 12.2 Å². The lowest BCUT2D eigenvalue weighted by Gasteiger charge is -2.25. The van der Waals surface area contributed by atoms with Gasteiger partial charge in [0.2, 0.25) is 0 Å². The minimum Gasteiger partial charge on any atom is -0.389 e. The first-order valence-electron chi connectivity index (χ1n) is 6.12. The summed E-state index contributed by atoms with van der Waals surface area (Å²) in [6.07, 6.45) is 0. The highest BCUT2D eigenvalue weighted by Gasteiger charge is 2.16. The van der Waals surface area contributed by atoms with Crippen LogP contribution < -0.4 is 11.1 Å². The van der Waals surface area contributed by atoms with E-state index in [1.165, 1.54) is 0 Å². The molecule has 1 aromatic rings. The standard InChI is InChI=1S/C14H22N2OS/c1-9(2)12(8-17-4)16-13-10(3)6-5-7-11(13)14(15)18/h5-7,9,12,16H,8H2,1-4H3,(H2,15,18). The number of benzene rings is 1. The van der Waals surface area contributed by atoms with Crippen LogP contribution in [-0.4, -0.2) is 24.7 Å². The second-order valence-electron chi connectivity index (χ2n) is 4.81. The number of aryl methyl sites for hydroxylation is 1. The number of thiocarbonyl (C=S) groups is 1. The first kappa shape index (κ1) is 14.9. The van der Waals surface area contributed by atoms with Gasteiger partial charge in [-0.25, -0.2) is 0 Å². The van der Waals surface area contributed by atoms with Gasteiger partial charge in [0, 0.05) is 18.4 Å². The molecule has 0 aliphatic rings. The fourth-order valence-electron chi connectivity index (χ4n) is 1.83. The smallest absolute Gasteiger partial charge is 0.106 e. The minimum atomic E-state index is 0.240. The zero-order chi connectivity index (χ0) is 13.7. The Balaban J connectivity index is 3.04. The highest BCUT2D eigenvalue weighted by Crippen LogP contribution is 2.23. The van der Waals surface area contributed by atoms with Crippen LogP contribution in [0.3, 0.4) is 0 Å². The van der Waals surface area contributed by atoms with E-state index in [-0.39, 0.29) is 6.04 Å². The first-order chi connectivity index (χ1) is 8.47. The molecule has 1 unspecified atom stereocenters. The van der Waals surface area contributed by atoms with Crippen molar-refractivity contribution in [3.8, 4) is 0 Å². The Labute approximate surface area is 115 Å². The number of nitrogens with two attached hydrogens (primary N) is 1. The Bertz CT molecular complexity index is 418. The fourth-order valence-corrected chi connectivity index (χ4v) is 2.00. The Morgan fingerprint density at radius 3 is 2.61 bits per heavy atom. The van der Waals surface area contributed by atoms with E-state index in [1.54, 1.807) is 7.11 Å². The maximum Gasteiger partial charge on any atom is 0.106 e. The molecule has 0 amide bonds. The highest BCUT2D eigenvalue weighted by atomic mass is 32.1. The summed E-state index contributed by atoms with van der Waals surface area (Å²) in [4.78, 5) is 0.418. The van der Waals surface area contributed by atoms with Gasteiger partial charge in [-0.1, -0.05) is 38.2 Å². The number of rotatable bonds is 6. The van der Waals surface area contributed by atoms with E-state index < -0.39 is 0 Å². The second kappa shape index (κ2) is 6.71. The summed E-state index contributed by atoms with van der Waals surface area (Å²) in [5.74, 6) is 0.462. The summed E-state index contributed by atoms with van der Waals surface area (Å²) in [5, 5.41) is 3.51. The topological polar surface area (TPSA) is 47.3 Å². The summed E-state index contributed by atoms with van der Waals surface area (Å²) < 4.78 is 5.25. The zero-order valence-electron chi connectivity index (χ0n) is 11.5. The third-order valence-corrected chi connectivity index (χ3v) is 3.24. The Hall–Kier alpha value is -1.13. The number of ether oxygens (including phenoxy) is 1. The molecule has 1 atom stereocenters. The molecule has 1 rings (SSSR count). The van der Waals surface area contributed by atoms with Crippen LogP contribution in [0.2, 0.25) is 0 Å². The summed E-state index contributed by atoms with van der Waals surface area (Å²) >= 11 is 5.10. The van der Waals surface area contributed by atoms with Crippen molar-refractivity contribution in [2.45, 2.75) is 26.8 Å². The molecule has 0 radical (unpaired) electrons. The molecule has 4 heteroatoms. The van der Waals surface area contributed by atoms with Gasteiger partial charge in [-0.05, 0) is 24.5 Å². The van der Waals surface area contributed by atoms with Crippen LogP contribution in [0.5, 0.6) is 0 Å². The van der Waals surface area contributed by atoms with Crippen molar-refractivity contribution < 1.29 is 4.74 Å². The van der Waals surface area contributed by atoms with Crippen molar-refractivity contribution in [3.05, 3.63) is 29.3 Å². The molecule has 3 nitrogen and oxygen atoms in total. The molecule has 0 bridgehead atoms. The van der Waals surface area contributed by atoms with E-state index >= 15 is 0 Å². The molecule has 0 fully saturated rings. The molecule has 0 heterocycles. The molecule has 0 spiro atoms. The van der Waals surface area contributed by atoms with Crippen molar-refractivity contribution in [2.24, 2.45) is 11.7 Å². The zero-order valence-corrected chi connectivity index (χ0v) is 12.3. The van der Waals surface area contributed by atoms with E-state index in [1.807, 2.05) is 25.1 Å². The van der Waals surface area contributed by atoms with Gasteiger partial charge in [-0.15, -0.1) is 0 Å². The van der Waals surface area contributed by atoms with Crippen molar-refractivity contribution >= 4 is 22.9 Å². The predicted octanol–water partition coefficient (Wildman–Crippen LogP) is 2.71. The Morgan fingerprint density at radius 1 is 1.44 bits per heavy atom. The average molecular weight is 266 g/mol. The predicted molar refractivity (Wildman–Crippen MR) is 81.2 cm³/mol. The fraction of sp³-hybridized carbons (Fsp3) is 0.500. The number of hydrogen-bond acceptors (Lipinski definition) is 3. The maximum absolute atomic E-state index is 5.77. The summed E-state index contributed by atoms with van der Waals surface area (Å²) in [6.45, 7) is 7.03. The minimum absolute atomic E-state index is 0.240. The largest absolute Gasteiger partial charge is 0.389 e. The van der Waals surface area contributed by atoms with Crippen LogP contribution in [0.1, 0.15) is 25.0 Å². The van der Waals surface area contributed by atoms with Crippen molar-refractivity contribution in [2.75, 3.05) is 19.0 Å². The van der Waals surface area contributed by atoms with Crippen LogP contribution in [0, 0.1) is 12.8 Å². The van der Waals surface area contributed by atoms with E-state index in [0.717, 1.165) is 16.8 Å². The summed E-state index contributed by atoms with van der Waals surface area (Å²) in [6, 6.07) is 6.20. The Morgan fingerprint density at radius 2 is 2.11 bits per heavy atom. The lowest BCUT2D eigenvalue weighted by atomic mass is 10.0. The van der Waals surface area contributed by atoms with Gasteiger partial charge in [0.15, 0.2) is 0 Å². The molecular formula is C14H22N2OS. The van der Waals surface area contributed by atoms with Gasteiger partial charge < -0.3 is 15.8 Å². The van der Waals surface area contributed by atoms with Crippen LogP contribution in [0.15, 0.2) is 18.2 Å².